The van der Waals surface area contributed by atoms with Crippen LogP contribution in [-0.4, -0.2) is 31.7 Å². The predicted octanol–water partition coefficient (Wildman–Crippen LogP) is 2.36. The molecule has 0 radical (unpaired) electrons. The lowest BCUT2D eigenvalue weighted by atomic mass is 9.95. The SMILES string of the molecule is COCC(=O)Nc1nc(OC)c(C#N)c(-c2c(F)cccc2F)c1C#N. The standard InChI is InChI=1S/C17H12F2N4O3/c1-25-8-13(24)22-16-9(6-20)14(10(7-21)17(23-16)26-2)15-11(18)4-3-5-12(15)19/h3-5H,8H2,1-2H3,(H,22,23,24). The molecule has 1 heterocycles. The topological polar surface area (TPSA) is 108 Å². The number of rotatable bonds is 5. The van der Waals surface area contributed by atoms with Crippen molar-refractivity contribution >= 4 is 11.7 Å². The molecule has 7 nitrogen and oxygen atoms in total. The lowest BCUT2D eigenvalue weighted by molar-refractivity contribution is -0.119. The maximum absolute atomic E-state index is 14.3. The Hall–Kier alpha value is -3.56. The normalized spacial score (nSPS) is 9.92. The lowest BCUT2D eigenvalue weighted by Gasteiger charge is -2.15. The fourth-order valence-electron chi connectivity index (χ4n) is 2.30. The van der Waals surface area contributed by atoms with Crippen molar-refractivity contribution in [3.05, 3.63) is 41.0 Å². The highest BCUT2D eigenvalue weighted by Crippen LogP contribution is 2.38. The Labute approximate surface area is 147 Å². The van der Waals surface area contributed by atoms with E-state index in [4.69, 9.17) is 4.74 Å². The Balaban J connectivity index is 2.87. The molecule has 0 atom stereocenters. The van der Waals surface area contributed by atoms with Crippen molar-refractivity contribution in [2.24, 2.45) is 0 Å². The van der Waals surface area contributed by atoms with Crippen LogP contribution in [0.15, 0.2) is 18.2 Å². The number of hydrogen-bond donors (Lipinski definition) is 1. The first-order chi connectivity index (χ1) is 12.5. The Kier molecular flexibility index (Phi) is 5.78. The molecule has 1 amide bonds. The molecular weight excluding hydrogens is 346 g/mol. The van der Waals surface area contributed by atoms with Gasteiger partial charge in [-0.25, -0.2) is 8.78 Å². The molecule has 132 valence electrons. The smallest absolute Gasteiger partial charge is 0.251 e. The summed E-state index contributed by atoms with van der Waals surface area (Å²) in [4.78, 5) is 15.7. The number of benzene rings is 1. The molecule has 0 unspecified atom stereocenters. The van der Waals surface area contributed by atoms with E-state index in [0.29, 0.717) is 0 Å². The maximum atomic E-state index is 14.3. The number of aromatic nitrogens is 1. The third-order valence-corrected chi connectivity index (χ3v) is 3.33. The summed E-state index contributed by atoms with van der Waals surface area (Å²) >= 11 is 0. The number of hydrogen-bond acceptors (Lipinski definition) is 6. The number of nitrogens with zero attached hydrogens (tertiary/aromatic N) is 3. The minimum atomic E-state index is -0.986. The van der Waals surface area contributed by atoms with Gasteiger partial charge in [-0.05, 0) is 12.1 Å². The first-order valence-corrected chi connectivity index (χ1v) is 7.13. The summed E-state index contributed by atoms with van der Waals surface area (Å²) in [5.74, 6) is -3.22. The van der Waals surface area contributed by atoms with E-state index in [1.165, 1.54) is 14.2 Å². The molecule has 0 bridgehead atoms. The molecule has 1 aromatic heterocycles. The average Bonchev–Trinajstić information content (AvgIpc) is 2.61. The van der Waals surface area contributed by atoms with Gasteiger partial charge in [0.2, 0.25) is 5.88 Å². The van der Waals surface area contributed by atoms with Gasteiger partial charge >= 0.3 is 0 Å². The number of carbonyl (C=O) groups excluding carboxylic acids is 1. The van der Waals surface area contributed by atoms with Crippen molar-refractivity contribution in [1.82, 2.24) is 4.98 Å². The van der Waals surface area contributed by atoms with E-state index in [2.05, 4.69) is 15.0 Å². The summed E-state index contributed by atoms with van der Waals surface area (Å²) in [5, 5.41) is 21.2. The number of pyridine rings is 1. The number of methoxy groups -OCH3 is 2. The molecule has 0 fully saturated rings. The van der Waals surface area contributed by atoms with E-state index in [9.17, 15) is 24.1 Å². The minimum Gasteiger partial charge on any atom is -0.480 e. The Bertz CT molecular complexity index is 928. The summed E-state index contributed by atoms with van der Waals surface area (Å²) in [5.41, 5.74) is -1.66. The summed E-state index contributed by atoms with van der Waals surface area (Å²) in [6, 6.07) is 6.58. The van der Waals surface area contributed by atoms with Crippen molar-refractivity contribution in [3.8, 4) is 29.1 Å². The van der Waals surface area contributed by atoms with Gasteiger partial charge in [-0.15, -0.1) is 0 Å². The third-order valence-electron chi connectivity index (χ3n) is 3.33. The van der Waals surface area contributed by atoms with Crippen LogP contribution in [0.1, 0.15) is 11.1 Å². The zero-order valence-corrected chi connectivity index (χ0v) is 13.8. The zero-order chi connectivity index (χ0) is 19.3. The summed E-state index contributed by atoms with van der Waals surface area (Å²) < 4.78 is 38.3. The van der Waals surface area contributed by atoms with E-state index in [1.807, 2.05) is 0 Å². The van der Waals surface area contributed by atoms with Crippen LogP contribution >= 0.6 is 0 Å². The van der Waals surface area contributed by atoms with Gasteiger partial charge in [0.15, 0.2) is 5.82 Å². The molecular formula is C17H12F2N4O3. The van der Waals surface area contributed by atoms with Crippen LogP contribution in [0, 0.1) is 34.3 Å². The van der Waals surface area contributed by atoms with Crippen LogP contribution in [0.4, 0.5) is 14.6 Å². The van der Waals surface area contributed by atoms with E-state index in [1.54, 1.807) is 12.1 Å². The van der Waals surface area contributed by atoms with E-state index in [-0.39, 0.29) is 35.0 Å². The number of amides is 1. The zero-order valence-electron chi connectivity index (χ0n) is 13.8. The summed E-state index contributed by atoms with van der Waals surface area (Å²) in [6.45, 7) is -0.335. The van der Waals surface area contributed by atoms with Crippen LogP contribution in [-0.2, 0) is 9.53 Å². The quantitative estimate of drug-likeness (QED) is 0.879. The number of ether oxygens (including phenoxy) is 2. The highest BCUT2D eigenvalue weighted by molar-refractivity contribution is 5.94. The van der Waals surface area contributed by atoms with Gasteiger partial charge < -0.3 is 14.8 Å². The third kappa shape index (κ3) is 3.43. The van der Waals surface area contributed by atoms with Crippen LogP contribution in [0.5, 0.6) is 5.88 Å². The van der Waals surface area contributed by atoms with Gasteiger partial charge in [-0.2, -0.15) is 15.5 Å². The molecule has 0 saturated heterocycles. The first-order valence-electron chi connectivity index (χ1n) is 7.13. The number of halogens is 2. The molecule has 0 aliphatic heterocycles. The fraction of sp³-hybridized carbons (Fsp3) is 0.176. The number of carbonyl (C=O) groups is 1. The Morgan fingerprint density at radius 1 is 1.15 bits per heavy atom. The highest BCUT2D eigenvalue weighted by atomic mass is 19.1. The van der Waals surface area contributed by atoms with Gasteiger partial charge in [0.25, 0.3) is 5.91 Å². The van der Waals surface area contributed by atoms with Gasteiger partial charge in [0.05, 0.1) is 12.7 Å². The van der Waals surface area contributed by atoms with Gasteiger partial charge in [-0.1, -0.05) is 6.07 Å². The summed E-state index contributed by atoms with van der Waals surface area (Å²) in [7, 11) is 2.48. The first kappa shape index (κ1) is 18.8. The second-order valence-corrected chi connectivity index (χ2v) is 4.90. The lowest BCUT2D eigenvalue weighted by Crippen LogP contribution is -2.19. The van der Waals surface area contributed by atoms with Crippen molar-refractivity contribution in [2.75, 3.05) is 26.1 Å². The monoisotopic (exact) mass is 358 g/mol. The second kappa shape index (κ2) is 8.01. The van der Waals surface area contributed by atoms with E-state index < -0.39 is 23.1 Å². The van der Waals surface area contributed by atoms with Crippen molar-refractivity contribution < 1.29 is 23.0 Å². The Morgan fingerprint density at radius 2 is 1.77 bits per heavy atom. The molecule has 0 aliphatic rings. The van der Waals surface area contributed by atoms with Gasteiger partial charge in [0.1, 0.15) is 41.5 Å². The van der Waals surface area contributed by atoms with E-state index >= 15 is 0 Å². The Morgan fingerprint density at radius 3 is 2.27 bits per heavy atom. The van der Waals surface area contributed by atoms with Crippen LogP contribution < -0.4 is 10.1 Å². The highest BCUT2D eigenvalue weighted by Gasteiger charge is 2.26. The minimum absolute atomic E-state index is 0.295. The number of nitriles is 2. The predicted molar refractivity (Wildman–Crippen MR) is 86.1 cm³/mol. The molecule has 9 heteroatoms. The fourth-order valence-corrected chi connectivity index (χ4v) is 2.30. The maximum Gasteiger partial charge on any atom is 0.251 e. The molecule has 0 saturated carbocycles. The van der Waals surface area contributed by atoms with Crippen molar-refractivity contribution in [1.29, 1.82) is 10.5 Å². The van der Waals surface area contributed by atoms with Crippen LogP contribution in [0.2, 0.25) is 0 Å². The number of anilines is 1. The molecule has 1 aromatic carbocycles. The molecule has 26 heavy (non-hydrogen) atoms. The second-order valence-electron chi connectivity index (χ2n) is 4.90. The molecule has 0 spiro atoms. The summed E-state index contributed by atoms with van der Waals surface area (Å²) in [6.07, 6.45) is 0. The average molecular weight is 358 g/mol. The molecule has 2 rings (SSSR count). The largest absolute Gasteiger partial charge is 0.480 e. The van der Waals surface area contributed by atoms with Crippen LogP contribution in [0.3, 0.4) is 0 Å². The van der Waals surface area contributed by atoms with Gasteiger partial charge in [-0.3, -0.25) is 4.79 Å². The molecule has 1 N–H and O–H groups in total. The van der Waals surface area contributed by atoms with Crippen molar-refractivity contribution in [2.45, 2.75) is 0 Å². The molecule has 2 aromatic rings. The van der Waals surface area contributed by atoms with Crippen molar-refractivity contribution in [3.63, 3.8) is 0 Å². The molecule has 0 aliphatic carbocycles. The van der Waals surface area contributed by atoms with Crippen LogP contribution in [0.25, 0.3) is 11.1 Å². The van der Waals surface area contributed by atoms with E-state index in [0.717, 1.165) is 18.2 Å². The van der Waals surface area contributed by atoms with Gasteiger partial charge in [0, 0.05) is 12.7 Å². The number of nitrogens with one attached hydrogen (secondary N) is 1.